The first-order valence-electron chi connectivity index (χ1n) is 5.32. The monoisotopic (exact) mass is 258 g/mol. The van der Waals surface area contributed by atoms with Crippen LogP contribution >= 0.6 is 0 Å². The van der Waals surface area contributed by atoms with Crippen LogP contribution in [0.2, 0.25) is 0 Å². The maximum Gasteiger partial charge on any atom is 0.246 e. The molecular weight excluding hydrogens is 244 g/mol. The zero-order valence-electron chi connectivity index (χ0n) is 9.46. The summed E-state index contributed by atoms with van der Waals surface area (Å²) < 4.78 is 25.4. The highest BCUT2D eigenvalue weighted by Crippen LogP contribution is 2.16. The number of hydrogen-bond donors (Lipinski definition) is 1. The van der Waals surface area contributed by atoms with Crippen LogP contribution in [0.4, 0.5) is 0 Å². The smallest absolute Gasteiger partial charge is 0.246 e. The standard InChI is InChI=1S/C9H14N4O3S/c1-2-12-3-4-13(7-9(12)14)17(15,16)8-5-10-11-6-8/h5-6H,2-4,7H2,1H3,(H,10,11). The van der Waals surface area contributed by atoms with Gasteiger partial charge in [-0.05, 0) is 6.92 Å². The Morgan fingerprint density at radius 1 is 1.47 bits per heavy atom. The van der Waals surface area contributed by atoms with Crippen molar-refractivity contribution in [1.82, 2.24) is 19.4 Å². The number of carbonyl (C=O) groups is 1. The van der Waals surface area contributed by atoms with E-state index in [4.69, 9.17) is 0 Å². The van der Waals surface area contributed by atoms with E-state index in [0.717, 1.165) is 0 Å². The van der Waals surface area contributed by atoms with Gasteiger partial charge in [-0.3, -0.25) is 9.89 Å². The van der Waals surface area contributed by atoms with Crippen LogP contribution in [0, 0.1) is 0 Å². The third-order valence-electron chi connectivity index (χ3n) is 2.78. The summed E-state index contributed by atoms with van der Waals surface area (Å²) in [6, 6.07) is 0. The largest absolute Gasteiger partial charge is 0.341 e. The van der Waals surface area contributed by atoms with Gasteiger partial charge in [0.2, 0.25) is 15.9 Å². The fourth-order valence-electron chi connectivity index (χ4n) is 1.76. The van der Waals surface area contributed by atoms with Gasteiger partial charge in [0, 0.05) is 25.8 Å². The number of piperazine rings is 1. The molecule has 8 heteroatoms. The molecule has 0 aliphatic carbocycles. The molecule has 17 heavy (non-hydrogen) atoms. The molecule has 0 radical (unpaired) electrons. The summed E-state index contributed by atoms with van der Waals surface area (Å²) in [6.07, 6.45) is 2.55. The van der Waals surface area contributed by atoms with Crippen molar-refractivity contribution < 1.29 is 13.2 Å². The zero-order chi connectivity index (χ0) is 12.5. The first kappa shape index (κ1) is 12.1. The number of carbonyl (C=O) groups excluding carboxylic acids is 1. The Morgan fingerprint density at radius 3 is 2.76 bits per heavy atom. The van der Waals surface area contributed by atoms with E-state index < -0.39 is 10.0 Å². The molecule has 1 aromatic rings. The van der Waals surface area contributed by atoms with Crippen molar-refractivity contribution in [1.29, 1.82) is 0 Å². The van der Waals surface area contributed by atoms with Crippen molar-refractivity contribution in [2.75, 3.05) is 26.2 Å². The Labute approximate surface area is 99.5 Å². The molecule has 1 saturated heterocycles. The van der Waals surface area contributed by atoms with Crippen LogP contribution in [0.1, 0.15) is 6.92 Å². The van der Waals surface area contributed by atoms with Crippen LogP contribution in [0.25, 0.3) is 0 Å². The van der Waals surface area contributed by atoms with Crippen molar-refractivity contribution in [2.45, 2.75) is 11.8 Å². The number of aromatic nitrogens is 2. The second-order valence-corrected chi connectivity index (χ2v) is 5.68. The number of aromatic amines is 1. The highest BCUT2D eigenvalue weighted by Gasteiger charge is 2.32. The minimum atomic E-state index is -3.59. The first-order chi connectivity index (χ1) is 8.05. The number of H-pyrrole nitrogens is 1. The second kappa shape index (κ2) is 4.46. The number of sulfonamides is 1. The maximum atomic E-state index is 12.1. The normalized spacial score (nSPS) is 18.6. The van der Waals surface area contributed by atoms with Gasteiger partial charge in [0.15, 0.2) is 0 Å². The Bertz CT molecular complexity index is 496. The minimum absolute atomic E-state index is 0.0928. The molecule has 0 unspecified atom stereocenters. The van der Waals surface area contributed by atoms with Gasteiger partial charge in [0.05, 0.1) is 12.7 Å². The van der Waals surface area contributed by atoms with E-state index in [-0.39, 0.29) is 17.3 Å². The lowest BCUT2D eigenvalue weighted by molar-refractivity contribution is -0.133. The minimum Gasteiger partial charge on any atom is -0.341 e. The third-order valence-corrected chi connectivity index (χ3v) is 4.59. The maximum absolute atomic E-state index is 12.1. The van der Waals surface area contributed by atoms with E-state index in [2.05, 4.69) is 10.2 Å². The van der Waals surface area contributed by atoms with Gasteiger partial charge in [0.1, 0.15) is 4.90 Å². The van der Waals surface area contributed by atoms with E-state index in [1.165, 1.54) is 16.7 Å². The summed E-state index contributed by atoms with van der Waals surface area (Å²) in [4.78, 5) is 13.4. The highest BCUT2D eigenvalue weighted by atomic mass is 32.2. The van der Waals surface area contributed by atoms with Crippen molar-refractivity contribution in [3.63, 3.8) is 0 Å². The van der Waals surface area contributed by atoms with Gasteiger partial charge in [-0.25, -0.2) is 8.42 Å². The molecule has 94 valence electrons. The summed E-state index contributed by atoms with van der Waals surface area (Å²) in [6.45, 7) is 3.15. The molecule has 0 aromatic carbocycles. The third kappa shape index (κ3) is 2.18. The fourth-order valence-corrected chi connectivity index (χ4v) is 3.04. The Kier molecular flexibility index (Phi) is 3.16. The summed E-state index contributed by atoms with van der Waals surface area (Å²) in [5.74, 6) is -0.161. The number of rotatable bonds is 3. The van der Waals surface area contributed by atoms with Crippen LogP contribution in [0.5, 0.6) is 0 Å². The lowest BCUT2D eigenvalue weighted by atomic mass is 10.3. The number of likely N-dealkylation sites (N-methyl/N-ethyl adjacent to an activating group) is 1. The highest BCUT2D eigenvalue weighted by molar-refractivity contribution is 7.89. The van der Waals surface area contributed by atoms with Crippen molar-refractivity contribution in [3.8, 4) is 0 Å². The van der Waals surface area contributed by atoms with Gasteiger partial charge in [0.25, 0.3) is 0 Å². The molecule has 1 N–H and O–H groups in total. The summed E-state index contributed by atoms with van der Waals surface area (Å²) in [5.41, 5.74) is 0. The number of nitrogens with zero attached hydrogens (tertiary/aromatic N) is 3. The summed E-state index contributed by atoms with van der Waals surface area (Å²) in [5, 5.41) is 6.06. The van der Waals surface area contributed by atoms with Crippen LogP contribution in [-0.2, 0) is 14.8 Å². The molecule has 0 bridgehead atoms. The summed E-state index contributed by atoms with van der Waals surface area (Å²) in [7, 11) is -3.59. The van der Waals surface area contributed by atoms with Crippen LogP contribution in [-0.4, -0.2) is 59.9 Å². The van der Waals surface area contributed by atoms with E-state index in [9.17, 15) is 13.2 Å². The van der Waals surface area contributed by atoms with Crippen molar-refractivity contribution >= 4 is 15.9 Å². The van der Waals surface area contributed by atoms with Crippen LogP contribution in [0.15, 0.2) is 17.3 Å². The Morgan fingerprint density at radius 2 is 2.24 bits per heavy atom. The average Bonchev–Trinajstić information content (AvgIpc) is 2.83. The van der Waals surface area contributed by atoms with E-state index in [1.54, 1.807) is 4.90 Å². The predicted octanol–water partition coefficient (Wildman–Crippen LogP) is -0.738. The van der Waals surface area contributed by atoms with Gasteiger partial charge >= 0.3 is 0 Å². The van der Waals surface area contributed by atoms with Gasteiger partial charge < -0.3 is 4.90 Å². The molecule has 1 aliphatic heterocycles. The van der Waals surface area contributed by atoms with E-state index in [0.29, 0.717) is 19.6 Å². The number of hydrogen-bond acceptors (Lipinski definition) is 4. The van der Waals surface area contributed by atoms with Gasteiger partial charge in [-0.15, -0.1) is 0 Å². The molecule has 0 atom stereocenters. The molecule has 7 nitrogen and oxygen atoms in total. The average molecular weight is 258 g/mol. The molecule has 1 fully saturated rings. The van der Waals surface area contributed by atoms with Crippen molar-refractivity contribution in [2.24, 2.45) is 0 Å². The lowest BCUT2D eigenvalue weighted by Gasteiger charge is -2.32. The fraction of sp³-hybridized carbons (Fsp3) is 0.556. The molecule has 1 amide bonds. The van der Waals surface area contributed by atoms with Gasteiger partial charge in [-0.1, -0.05) is 0 Å². The summed E-state index contributed by atoms with van der Waals surface area (Å²) >= 11 is 0. The second-order valence-electron chi connectivity index (χ2n) is 3.75. The number of nitrogens with one attached hydrogen (secondary N) is 1. The lowest BCUT2D eigenvalue weighted by Crippen LogP contribution is -2.51. The Balaban J connectivity index is 2.18. The molecular formula is C9H14N4O3S. The first-order valence-corrected chi connectivity index (χ1v) is 6.76. The predicted molar refractivity (Wildman–Crippen MR) is 59.6 cm³/mol. The van der Waals surface area contributed by atoms with Crippen LogP contribution in [0.3, 0.4) is 0 Å². The molecule has 0 saturated carbocycles. The number of amides is 1. The van der Waals surface area contributed by atoms with Crippen molar-refractivity contribution in [3.05, 3.63) is 12.4 Å². The van der Waals surface area contributed by atoms with E-state index in [1.807, 2.05) is 6.92 Å². The van der Waals surface area contributed by atoms with E-state index >= 15 is 0 Å². The molecule has 1 aromatic heterocycles. The van der Waals surface area contributed by atoms with Crippen LogP contribution < -0.4 is 0 Å². The zero-order valence-corrected chi connectivity index (χ0v) is 10.3. The Hall–Kier alpha value is -1.41. The molecule has 0 spiro atoms. The quantitative estimate of drug-likeness (QED) is 0.774. The molecule has 2 heterocycles. The molecule has 1 aliphatic rings. The molecule has 2 rings (SSSR count). The topological polar surface area (TPSA) is 86.4 Å². The SMILES string of the molecule is CCN1CCN(S(=O)(=O)c2cn[nH]c2)CC1=O. The van der Waals surface area contributed by atoms with Gasteiger partial charge in [-0.2, -0.15) is 9.40 Å².